The molecule has 0 heterocycles. The first kappa shape index (κ1) is 22.6. The van der Waals surface area contributed by atoms with Gasteiger partial charge in [-0.2, -0.15) is 0 Å². The van der Waals surface area contributed by atoms with Crippen LogP contribution >= 0.6 is 0 Å². The van der Waals surface area contributed by atoms with Crippen molar-refractivity contribution in [1.29, 1.82) is 0 Å². The molecule has 0 aliphatic heterocycles. The molecule has 1 nitrogen and oxygen atoms in total. The second kappa shape index (κ2) is 9.36. The van der Waals surface area contributed by atoms with E-state index in [4.69, 9.17) is 0 Å². The van der Waals surface area contributed by atoms with Gasteiger partial charge in [0.15, 0.2) is 0 Å². The van der Waals surface area contributed by atoms with E-state index < -0.39 is 23.7 Å². The minimum Gasteiger partial charge on any atom is -0.406 e. The summed E-state index contributed by atoms with van der Waals surface area (Å²) in [4.78, 5) is 0. The lowest BCUT2D eigenvalue weighted by atomic mass is 9.74. The van der Waals surface area contributed by atoms with Crippen LogP contribution in [-0.2, 0) is 6.42 Å². The second-order valence-electron chi connectivity index (χ2n) is 8.38. The highest BCUT2D eigenvalue weighted by molar-refractivity contribution is 5.66. The fourth-order valence-corrected chi connectivity index (χ4v) is 4.55. The third-order valence-corrected chi connectivity index (χ3v) is 6.31. The number of hydrogen-bond acceptors (Lipinski definition) is 1. The molecule has 0 aromatic heterocycles. The highest BCUT2D eigenvalue weighted by Crippen LogP contribution is 2.37. The maximum absolute atomic E-state index is 14.7. The first-order valence-electron chi connectivity index (χ1n) is 10.5. The number of alkyl halides is 3. The van der Waals surface area contributed by atoms with E-state index in [9.17, 15) is 22.0 Å². The molecule has 0 saturated heterocycles. The molecule has 0 N–H and O–H groups in total. The number of hydrogen-bond donors (Lipinski definition) is 0. The lowest BCUT2D eigenvalue weighted by molar-refractivity contribution is -0.274. The smallest absolute Gasteiger partial charge is 0.406 e. The molecule has 1 unspecified atom stereocenters. The van der Waals surface area contributed by atoms with Gasteiger partial charge in [0.2, 0.25) is 0 Å². The summed E-state index contributed by atoms with van der Waals surface area (Å²) in [5.41, 5.74) is 0.529. The molecule has 1 fully saturated rings. The zero-order valence-electron chi connectivity index (χ0n) is 17.2. The van der Waals surface area contributed by atoms with Gasteiger partial charge in [-0.1, -0.05) is 45.2 Å². The van der Waals surface area contributed by atoms with Crippen molar-refractivity contribution in [3.8, 4) is 16.9 Å². The van der Waals surface area contributed by atoms with Crippen molar-refractivity contribution in [2.24, 2.45) is 17.8 Å². The van der Waals surface area contributed by atoms with Crippen LogP contribution in [0.2, 0.25) is 0 Å². The Balaban J connectivity index is 1.71. The van der Waals surface area contributed by atoms with E-state index in [0.29, 0.717) is 23.8 Å². The first-order valence-corrected chi connectivity index (χ1v) is 10.5. The third kappa shape index (κ3) is 5.73. The Morgan fingerprint density at radius 3 is 2.03 bits per heavy atom. The third-order valence-electron chi connectivity index (χ3n) is 6.31. The van der Waals surface area contributed by atoms with Crippen molar-refractivity contribution in [2.75, 3.05) is 0 Å². The Hall–Kier alpha value is -2.11. The van der Waals surface area contributed by atoms with E-state index in [-0.39, 0.29) is 11.1 Å². The summed E-state index contributed by atoms with van der Waals surface area (Å²) >= 11 is 0. The highest BCUT2D eigenvalue weighted by atomic mass is 19.4. The first-order chi connectivity index (χ1) is 14.2. The Kier molecular flexibility index (Phi) is 7.04. The molecule has 0 bridgehead atoms. The standard InChI is InChI=1S/C24H27F5O/c1-3-16-4-6-18(7-5-16)15(2)12-17-13-21(25)23(22(26)14-17)19-8-10-20(11-9-19)30-24(27,28)29/h8-11,13-16,18H,3-7,12H2,1-2H3. The van der Waals surface area contributed by atoms with Gasteiger partial charge < -0.3 is 4.74 Å². The van der Waals surface area contributed by atoms with Gasteiger partial charge in [0.1, 0.15) is 17.4 Å². The average molecular weight is 426 g/mol. The lowest BCUT2D eigenvalue weighted by Crippen LogP contribution is -2.21. The van der Waals surface area contributed by atoms with E-state index in [1.54, 1.807) is 0 Å². The normalized spacial score (nSPS) is 20.8. The summed E-state index contributed by atoms with van der Waals surface area (Å²) < 4.78 is 70.0. The van der Waals surface area contributed by atoms with Crippen LogP contribution in [0.25, 0.3) is 11.1 Å². The van der Waals surface area contributed by atoms with Crippen LogP contribution in [0.3, 0.4) is 0 Å². The van der Waals surface area contributed by atoms with Gasteiger partial charge in [-0.25, -0.2) is 8.78 Å². The maximum atomic E-state index is 14.7. The van der Waals surface area contributed by atoms with Crippen LogP contribution in [0.1, 0.15) is 51.5 Å². The minimum atomic E-state index is -4.81. The lowest BCUT2D eigenvalue weighted by Gasteiger charge is -2.32. The zero-order valence-corrected chi connectivity index (χ0v) is 17.2. The van der Waals surface area contributed by atoms with Crippen molar-refractivity contribution >= 4 is 0 Å². The topological polar surface area (TPSA) is 9.23 Å². The van der Waals surface area contributed by atoms with E-state index >= 15 is 0 Å². The van der Waals surface area contributed by atoms with Crippen LogP contribution in [0, 0.1) is 29.4 Å². The summed E-state index contributed by atoms with van der Waals surface area (Å²) in [7, 11) is 0. The monoisotopic (exact) mass is 426 g/mol. The van der Waals surface area contributed by atoms with E-state index in [2.05, 4.69) is 18.6 Å². The van der Waals surface area contributed by atoms with Crippen molar-refractivity contribution in [1.82, 2.24) is 0 Å². The van der Waals surface area contributed by atoms with Gasteiger partial charge in [-0.15, -0.1) is 13.2 Å². The number of ether oxygens (including phenoxy) is 1. The average Bonchev–Trinajstić information content (AvgIpc) is 2.67. The molecule has 2 aromatic carbocycles. The molecule has 0 radical (unpaired) electrons. The van der Waals surface area contributed by atoms with E-state index in [0.717, 1.165) is 30.9 Å². The SMILES string of the molecule is CCC1CCC(C(C)Cc2cc(F)c(-c3ccc(OC(F)(F)F)cc3)c(F)c2)CC1. The van der Waals surface area contributed by atoms with Crippen LogP contribution < -0.4 is 4.74 Å². The van der Waals surface area contributed by atoms with Crippen molar-refractivity contribution in [2.45, 2.75) is 58.7 Å². The molecule has 3 rings (SSSR count). The van der Waals surface area contributed by atoms with Crippen LogP contribution in [0.4, 0.5) is 22.0 Å². The van der Waals surface area contributed by atoms with Crippen molar-refractivity contribution in [3.63, 3.8) is 0 Å². The van der Waals surface area contributed by atoms with Crippen LogP contribution in [0.5, 0.6) is 5.75 Å². The molecular weight excluding hydrogens is 399 g/mol. The van der Waals surface area contributed by atoms with Gasteiger partial charge in [-0.3, -0.25) is 0 Å². The molecule has 30 heavy (non-hydrogen) atoms. The molecule has 1 atom stereocenters. The van der Waals surface area contributed by atoms with Crippen molar-refractivity contribution < 1.29 is 26.7 Å². The zero-order chi connectivity index (χ0) is 21.9. The summed E-state index contributed by atoms with van der Waals surface area (Å²) in [5.74, 6) is -0.148. The summed E-state index contributed by atoms with van der Waals surface area (Å²) in [6.45, 7) is 4.36. The number of benzene rings is 2. The molecular formula is C24H27F5O. The van der Waals surface area contributed by atoms with Crippen LogP contribution in [-0.4, -0.2) is 6.36 Å². The maximum Gasteiger partial charge on any atom is 0.573 e. The van der Waals surface area contributed by atoms with Gasteiger partial charge in [0, 0.05) is 0 Å². The van der Waals surface area contributed by atoms with Crippen LogP contribution in [0.15, 0.2) is 36.4 Å². The highest BCUT2D eigenvalue weighted by Gasteiger charge is 2.31. The number of halogens is 5. The predicted octanol–water partition coefficient (Wildman–Crippen LogP) is 7.93. The van der Waals surface area contributed by atoms with E-state index in [1.165, 1.54) is 43.5 Å². The Morgan fingerprint density at radius 2 is 1.53 bits per heavy atom. The quantitative estimate of drug-likeness (QED) is 0.426. The van der Waals surface area contributed by atoms with Gasteiger partial charge in [0.25, 0.3) is 0 Å². The molecule has 0 spiro atoms. The van der Waals surface area contributed by atoms with Crippen molar-refractivity contribution in [3.05, 3.63) is 53.6 Å². The molecule has 1 aliphatic rings. The molecule has 6 heteroatoms. The second-order valence-corrected chi connectivity index (χ2v) is 8.38. The van der Waals surface area contributed by atoms with Gasteiger partial charge in [0.05, 0.1) is 5.56 Å². The summed E-state index contributed by atoms with van der Waals surface area (Å²) in [6.07, 6.45) is 1.77. The Labute approximate surface area is 174 Å². The Bertz CT molecular complexity index is 813. The molecule has 1 aliphatic carbocycles. The molecule has 2 aromatic rings. The van der Waals surface area contributed by atoms with Gasteiger partial charge in [-0.05, 0) is 72.4 Å². The largest absolute Gasteiger partial charge is 0.573 e. The van der Waals surface area contributed by atoms with E-state index in [1.807, 2.05) is 0 Å². The minimum absolute atomic E-state index is 0.164. The Morgan fingerprint density at radius 1 is 0.967 bits per heavy atom. The molecule has 1 saturated carbocycles. The summed E-state index contributed by atoms with van der Waals surface area (Å²) in [6, 6.07) is 7.21. The fourth-order valence-electron chi connectivity index (χ4n) is 4.55. The fraction of sp³-hybridized carbons (Fsp3) is 0.500. The predicted molar refractivity (Wildman–Crippen MR) is 107 cm³/mol. The molecule has 164 valence electrons. The van der Waals surface area contributed by atoms with Gasteiger partial charge >= 0.3 is 6.36 Å². The summed E-state index contributed by atoms with van der Waals surface area (Å²) in [5, 5.41) is 0. The molecule has 0 amide bonds. The number of rotatable bonds is 6.